The third kappa shape index (κ3) is 4.36. The highest BCUT2D eigenvalue weighted by atomic mass is 32.2. The first-order valence-electron chi connectivity index (χ1n) is 10.3. The average Bonchev–Trinajstić information content (AvgIpc) is 3.23. The third-order valence-electron chi connectivity index (χ3n) is 5.70. The Morgan fingerprint density at radius 3 is 2.65 bits per heavy atom. The monoisotopic (exact) mass is 442 g/mol. The van der Waals surface area contributed by atoms with E-state index in [1.165, 1.54) is 17.5 Å². The molecule has 4 rings (SSSR count). The second-order valence-corrected chi connectivity index (χ2v) is 9.87. The molecule has 9 heteroatoms. The highest BCUT2D eigenvalue weighted by Gasteiger charge is 2.26. The lowest BCUT2D eigenvalue weighted by Gasteiger charge is -2.32. The number of hydrogen-bond acceptors (Lipinski definition) is 5. The highest BCUT2D eigenvalue weighted by molar-refractivity contribution is 7.92. The topological polar surface area (TPSA) is 95.6 Å². The number of para-hydroxylation sites is 1. The molecule has 0 atom stereocenters. The predicted molar refractivity (Wildman–Crippen MR) is 120 cm³/mol. The molecule has 31 heavy (non-hydrogen) atoms. The van der Waals surface area contributed by atoms with Crippen molar-refractivity contribution in [2.24, 2.45) is 0 Å². The number of carbonyl (C=O) groups is 1. The molecule has 0 radical (unpaired) electrons. The number of anilines is 1. The molecule has 1 aliphatic rings. The number of aromatic amines is 1. The van der Waals surface area contributed by atoms with Crippen molar-refractivity contribution in [1.82, 2.24) is 14.9 Å². The smallest absolute Gasteiger partial charge is 0.256 e. The van der Waals surface area contributed by atoms with Gasteiger partial charge in [0.15, 0.2) is 0 Å². The van der Waals surface area contributed by atoms with E-state index in [1.807, 2.05) is 29.2 Å². The maximum atomic E-state index is 12.9. The Balaban J connectivity index is 1.34. The number of sulfonamides is 1. The number of benzene rings is 1. The van der Waals surface area contributed by atoms with Crippen molar-refractivity contribution in [3.05, 3.63) is 54.4 Å². The van der Waals surface area contributed by atoms with E-state index in [4.69, 9.17) is 4.74 Å². The zero-order chi connectivity index (χ0) is 22.0. The largest absolute Gasteiger partial charge is 0.474 e. The Morgan fingerprint density at radius 2 is 1.97 bits per heavy atom. The number of aromatic nitrogens is 2. The van der Waals surface area contributed by atoms with Crippen LogP contribution in [0.1, 0.15) is 30.1 Å². The number of pyridine rings is 1. The number of amides is 1. The minimum absolute atomic E-state index is 0.0254. The second-order valence-electron chi connectivity index (χ2n) is 7.58. The maximum absolute atomic E-state index is 12.9. The minimum atomic E-state index is -3.33. The fourth-order valence-corrected chi connectivity index (χ4v) is 4.57. The number of H-pyrrole nitrogens is 1. The van der Waals surface area contributed by atoms with Crippen LogP contribution in [0.25, 0.3) is 10.9 Å². The zero-order valence-electron chi connectivity index (χ0n) is 17.6. The van der Waals surface area contributed by atoms with Gasteiger partial charge in [-0.15, -0.1) is 0 Å². The number of likely N-dealkylation sites (tertiary alicyclic amines) is 1. The molecule has 0 spiro atoms. The molecule has 1 amide bonds. The molecule has 3 aromatic rings. The number of nitrogens with one attached hydrogen (secondary N) is 1. The summed E-state index contributed by atoms with van der Waals surface area (Å²) in [5.41, 5.74) is 2.14. The molecular weight excluding hydrogens is 416 g/mol. The summed E-state index contributed by atoms with van der Waals surface area (Å²) in [7, 11) is -1.81. The first-order valence-corrected chi connectivity index (χ1v) is 11.9. The summed E-state index contributed by atoms with van der Waals surface area (Å²) >= 11 is 0. The van der Waals surface area contributed by atoms with Crippen LogP contribution in [-0.4, -0.2) is 61.2 Å². The van der Waals surface area contributed by atoms with Crippen molar-refractivity contribution in [3.8, 4) is 5.88 Å². The van der Waals surface area contributed by atoms with E-state index in [2.05, 4.69) is 9.97 Å². The normalized spacial score (nSPS) is 15.2. The number of nitrogens with zero attached hydrogens (tertiary/aromatic N) is 3. The van der Waals surface area contributed by atoms with E-state index in [9.17, 15) is 13.2 Å². The molecule has 8 nitrogen and oxygen atoms in total. The van der Waals surface area contributed by atoms with E-state index < -0.39 is 10.0 Å². The summed E-state index contributed by atoms with van der Waals surface area (Å²) in [6, 6.07) is 11.1. The fraction of sp³-hybridized carbons (Fsp3) is 0.364. The van der Waals surface area contributed by atoms with E-state index in [-0.39, 0.29) is 17.8 Å². The lowest BCUT2D eigenvalue weighted by molar-refractivity contribution is 0.0590. The summed E-state index contributed by atoms with van der Waals surface area (Å²) in [6.45, 7) is 2.82. The number of piperidine rings is 1. The molecule has 1 saturated heterocycles. The molecule has 2 aromatic heterocycles. The zero-order valence-corrected chi connectivity index (χ0v) is 18.4. The van der Waals surface area contributed by atoms with Crippen LogP contribution in [0.4, 0.5) is 5.69 Å². The number of hydrogen-bond donors (Lipinski definition) is 1. The Bertz CT molecular complexity index is 1170. The predicted octanol–water partition coefficient (Wildman–Crippen LogP) is 3.03. The highest BCUT2D eigenvalue weighted by Crippen LogP contribution is 2.24. The molecule has 0 unspecified atom stereocenters. The van der Waals surface area contributed by atoms with Gasteiger partial charge in [-0.2, -0.15) is 0 Å². The minimum Gasteiger partial charge on any atom is -0.474 e. The van der Waals surface area contributed by atoms with E-state index in [1.54, 1.807) is 25.3 Å². The lowest BCUT2D eigenvalue weighted by atomic mass is 10.1. The van der Waals surface area contributed by atoms with Crippen molar-refractivity contribution in [2.75, 3.05) is 30.2 Å². The van der Waals surface area contributed by atoms with Crippen molar-refractivity contribution in [2.45, 2.75) is 25.9 Å². The molecular formula is C22H26N4O4S. The third-order valence-corrected chi connectivity index (χ3v) is 7.48. The summed E-state index contributed by atoms with van der Waals surface area (Å²) in [6.07, 6.45) is 4.65. The first kappa shape index (κ1) is 21.2. The van der Waals surface area contributed by atoms with Gasteiger partial charge in [0.2, 0.25) is 15.9 Å². The van der Waals surface area contributed by atoms with Crippen molar-refractivity contribution >= 4 is 32.5 Å². The molecule has 1 aliphatic heterocycles. The van der Waals surface area contributed by atoms with Crippen LogP contribution in [0.2, 0.25) is 0 Å². The van der Waals surface area contributed by atoms with Gasteiger partial charge in [-0.3, -0.25) is 9.10 Å². The van der Waals surface area contributed by atoms with E-state index in [0.29, 0.717) is 43.1 Å². The van der Waals surface area contributed by atoms with Gasteiger partial charge in [0, 0.05) is 56.1 Å². The van der Waals surface area contributed by atoms with Crippen LogP contribution in [0, 0.1) is 0 Å². The van der Waals surface area contributed by atoms with Crippen LogP contribution in [-0.2, 0) is 10.0 Å². The van der Waals surface area contributed by atoms with Gasteiger partial charge < -0.3 is 14.6 Å². The van der Waals surface area contributed by atoms with E-state index in [0.717, 1.165) is 10.9 Å². The quantitative estimate of drug-likeness (QED) is 0.633. The van der Waals surface area contributed by atoms with Gasteiger partial charge in [0.05, 0.1) is 23.2 Å². The Labute approximate surface area is 181 Å². The molecule has 1 aromatic carbocycles. The molecule has 1 fully saturated rings. The number of fused-ring (bicyclic) bond motifs is 1. The van der Waals surface area contributed by atoms with Gasteiger partial charge in [0.25, 0.3) is 5.91 Å². The van der Waals surface area contributed by atoms with Crippen LogP contribution in [0.5, 0.6) is 5.88 Å². The molecule has 3 heterocycles. The van der Waals surface area contributed by atoms with Crippen LogP contribution >= 0.6 is 0 Å². The lowest BCUT2D eigenvalue weighted by Crippen LogP contribution is -2.41. The van der Waals surface area contributed by atoms with Crippen LogP contribution in [0.15, 0.2) is 48.8 Å². The van der Waals surface area contributed by atoms with Gasteiger partial charge in [0.1, 0.15) is 6.10 Å². The molecule has 0 aliphatic carbocycles. The Hall–Kier alpha value is -3.07. The standard InChI is InChI=1S/C22H26N4O4S/c1-3-31(28,29)25(2)16-8-9-21(24-14-16)30-17-10-12-26(13-11-17)22(27)19-15-23-20-7-5-4-6-18(19)20/h4-9,14-15,17,23H,3,10-13H2,1-2H3. The van der Waals surface area contributed by atoms with Crippen LogP contribution < -0.4 is 9.04 Å². The SMILES string of the molecule is CCS(=O)(=O)N(C)c1ccc(OC2CCN(C(=O)c3c[nH]c4ccccc34)CC2)nc1. The molecule has 0 bridgehead atoms. The molecule has 164 valence electrons. The number of rotatable bonds is 6. The average molecular weight is 443 g/mol. The summed E-state index contributed by atoms with van der Waals surface area (Å²) in [5, 5.41) is 0.935. The van der Waals surface area contributed by atoms with Crippen molar-refractivity contribution in [1.29, 1.82) is 0 Å². The number of carbonyl (C=O) groups excluding carboxylic acids is 1. The van der Waals surface area contributed by atoms with E-state index >= 15 is 0 Å². The van der Waals surface area contributed by atoms with Gasteiger partial charge in [-0.05, 0) is 19.1 Å². The second kappa shape index (κ2) is 8.58. The molecule has 0 saturated carbocycles. The Kier molecular flexibility index (Phi) is 5.86. The molecule has 1 N–H and O–H groups in total. The maximum Gasteiger partial charge on any atom is 0.256 e. The van der Waals surface area contributed by atoms with Gasteiger partial charge in [-0.1, -0.05) is 18.2 Å². The summed E-state index contributed by atoms with van der Waals surface area (Å²) in [5.74, 6) is 0.503. The van der Waals surface area contributed by atoms with Gasteiger partial charge >= 0.3 is 0 Å². The Morgan fingerprint density at radius 1 is 1.23 bits per heavy atom. The summed E-state index contributed by atoms with van der Waals surface area (Å²) in [4.78, 5) is 22.2. The number of ether oxygens (including phenoxy) is 1. The van der Waals surface area contributed by atoms with Crippen molar-refractivity contribution in [3.63, 3.8) is 0 Å². The fourth-order valence-electron chi connectivity index (χ4n) is 3.75. The van der Waals surface area contributed by atoms with Gasteiger partial charge in [-0.25, -0.2) is 13.4 Å². The van der Waals surface area contributed by atoms with Crippen LogP contribution in [0.3, 0.4) is 0 Å². The summed E-state index contributed by atoms with van der Waals surface area (Å²) < 4.78 is 31.1. The van der Waals surface area contributed by atoms with Crippen molar-refractivity contribution < 1.29 is 17.9 Å². The first-order chi connectivity index (χ1) is 14.9.